The van der Waals surface area contributed by atoms with Crippen LogP contribution in [0.1, 0.15) is 47.2 Å². The molecule has 24 heavy (non-hydrogen) atoms. The van der Waals surface area contributed by atoms with Crippen molar-refractivity contribution in [3.63, 3.8) is 0 Å². The number of hydrogen-bond donors (Lipinski definition) is 1. The minimum atomic E-state index is -0.335. The maximum atomic E-state index is 12.8. The normalized spacial score (nSPS) is 13.5. The van der Waals surface area contributed by atoms with Gasteiger partial charge in [-0.25, -0.2) is 0 Å². The first-order chi connectivity index (χ1) is 11.3. The highest BCUT2D eigenvalue weighted by atomic mass is 16.2. The fourth-order valence-corrected chi connectivity index (χ4v) is 2.79. The SMILES string of the molecule is CC(C)(C)NC(=O)c1ccnc(C(=O)N2CCc3ccccc32)c1. The van der Waals surface area contributed by atoms with Crippen molar-refractivity contribution in [2.45, 2.75) is 32.7 Å². The van der Waals surface area contributed by atoms with Gasteiger partial charge in [0.25, 0.3) is 11.8 Å². The van der Waals surface area contributed by atoms with Crippen molar-refractivity contribution in [3.05, 3.63) is 59.4 Å². The van der Waals surface area contributed by atoms with E-state index in [0.29, 0.717) is 12.1 Å². The number of nitrogens with zero attached hydrogens (tertiary/aromatic N) is 2. The summed E-state index contributed by atoms with van der Waals surface area (Å²) in [7, 11) is 0. The molecule has 5 nitrogen and oxygen atoms in total. The van der Waals surface area contributed by atoms with Gasteiger partial charge in [0.2, 0.25) is 0 Å². The summed E-state index contributed by atoms with van der Waals surface area (Å²) in [6.07, 6.45) is 2.35. The van der Waals surface area contributed by atoms with E-state index in [1.54, 1.807) is 17.0 Å². The number of carbonyl (C=O) groups excluding carboxylic acids is 2. The van der Waals surface area contributed by atoms with E-state index in [4.69, 9.17) is 0 Å². The lowest BCUT2D eigenvalue weighted by atomic mass is 10.1. The van der Waals surface area contributed by atoms with Crippen LogP contribution in [0.25, 0.3) is 0 Å². The average Bonchev–Trinajstić information content (AvgIpc) is 2.97. The molecule has 0 saturated carbocycles. The largest absolute Gasteiger partial charge is 0.347 e. The highest BCUT2D eigenvalue weighted by Crippen LogP contribution is 2.28. The Bertz CT molecular complexity index is 793. The number of aromatic nitrogens is 1. The van der Waals surface area contributed by atoms with Crippen LogP contribution in [0.2, 0.25) is 0 Å². The van der Waals surface area contributed by atoms with E-state index >= 15 is 0 Å². The van der Waals surface area contributed by atoms with Gasteiger partial charge in [0, 0.05) is 29.5 Å². The van der Waals surface area contributed by atoms with Crippen molar-refractivity contribution in [1.82, 2.24) is 10.3 Å². The molecule has 0 saturated heterocycles. The van der Waals surface area contributed by atoms with Gasteiger partial charge in [0.1, 0.15) is 5.69 Å². The van der Waals surface area contributed by atoms with Crippen LogP contribution in [0, 0.1) is 0 Å². The second-order valence-corrected chi connectivity index (χ2v) is 6.97. The Morgan fingerprint density at radius 3 is 2.67 bits per heavy atom. The third kappa shape index (κ3) is 3.30. The Kier molecular flexibility index (Phi) is 4.09. The molecule has 0 spiro atoms. The van der Waals surface area contributed by atoms with Gasteiger partial charge >= 0.3 is 0 Å². The first kappa shape index (κ1) is 16.2. The van der Waals surface area contributed by atoms with Crippen LogP contribution < -0.4 is 10.2 Å². The number of pyridine rings is 1. The first-order valence-electron chi connectivity index (χ1n) is 8.03. The maximum Gasteiger partial charge on any atom is 0.276 e. The summed E-state index contributed by atoms with van der Waals surface area (Å²) in [5, 5.41) is 2.90. The molecule has 0 radical (unpaired) electrons. The summed E-state index contributed by atoms with van der Waals surface area (Å²) >= 11 is 0. The lowest BCUT2D eigenvalue weighted by Crippen LogP contribution is -2.40. The number of para-hydroxylation sites is 1. The molecule has 1 aromatic heterocycles. The highest BCUT2D eigenvalue weighted by molar-refractivity contribution is 6.07. The maximum absolute atomic E-state index is 12.8. The minimum absolute atomic E-state index is 0.176. The molecule has 1 N–H and O–H groups in total. The highest BCUT2D eigenvalue weighted by Gasteiger charge is 2.26. The number of anilines is 1. The van der Waals surface area contributed by atoms with E-state index in [1.807, 2.05) is 45.0 Å². The zero-order valence-corrected chi connectivity index (χ0v) is 14.2. The Balaban J connectivity index is 1.85. The molecule has 1 aliphatic heterocycles. The monoisotopic (exact) mass is 323 g/mol. The van der Waals surface area contributed by atoms with Crippen molar-refractivity contribution in [2.24, 2.45) is 0 Å². The molecule has 2 heterocycles. The zero-order valence-electron chi connectivity index (χ0n) is 14.2. The Morgan fingerprint density at radius 1 is 1.17 bits per heavy atom. The Labute approximate surface area is 141 Å². The summed E-state index contributed by atoms with van der Waals surface area (Å²) in [5.41, 5.74) is 2.48. The number of hydrogen-bond acceptors (Lipinski definition) is 3. The van der Waals surface area contributed by atoms with Crippen molar-refractivity contribution in [1.29, 1.82) is 0 Å². The van der Waals surface area contributed by atoms with E-state index in [9.17, 15) is 9.59 Å². The fraction of sp³-hybridized carbons (Fsp3) is 0.316. The molecule has 0 bridgehead atoms. The summed E-state index contributed by atoms with van der Waals surface area (Å²) in [6.45, 7) is 6.39. The average molecular weight is 323 g/mol. The number of carbonyl (C=O) groups is 2. The number of amides is 2. The van der Waals surface area contributed by atoms with E-state index in [-0.39, 0.29) is 23.0 Å². The standard InChI is InChI=1S/C19H21N3O2/c1-19(2,3)21-17(23)14-8-10-20-15(12-14)18(24)22-11-9-13-6-4-5-7-16(13)22/h4-8,10,12H,9,11H2,1-3H3,(H,21,23). The summed E-state index contributed by atoms with van der Waals surface area (Å²) < 4.78 is 0. The number of nitrogens with one attached hydrogen (secondary N) is 1. The van der Waals surface area contributed by atoms with Gasteiger partial charge in [-0.2, -0.15) is 0 Å². The van der Waals surface area contributed by atoms with Crippen LogP contribution >= 0.6 is 0 Å². The molecule has 2 aromatic rings. The smallest absolute Gasteiger partial charge is 0.276 e. The molecule has 0 fully saturated rings. The third-order valence-corrected chi connectivity index (χ3v) is 3.86. The van der Waals surface area contributed by atoms with Crippen LogP contribution in [0.15, 0.2) is 42.6 Å². The van der Waals surface area contributed by atoms with Gasteiger partial charge in [-0.05, 0) is 51.0 Å². The van der Waals surface area contributed by atoms with Gasteiger partial charge in [-0.3, -0.25) is 14.6 Å². The van der Waals surface area contributed by atoms with Gasteiger partial charge in [-0.15, -0.1) is 0 Å². The van der Waals surface area contributed by atoms with Crippen LogP contribution in [0.5, 0.6) is 0 Å². The molecule has 1 aliphatic rings. The fourth-order valence-electron chi connectivity index (χ4n) is 2.79. The summed E-state index contributed by atoms with van der Waals surface area (Å²) in [6, 6.07) is 11.0. The number of fused-ring (bicyclic) bond motifs is 1. The Hall–Kier alpha value is -2.69. The summed E-state index contributed by atoms with van der Waals surface area (Å²) in [4.78, 5) is 31.0. The molecule has 0 aliphatic carbocycles. The first-order valence-corrected chi connectivity index (χ1v) is 8.03. The lowest BCUT2D eigenvalue weighted by Gasteiger charge is -2.21. The molecule has 3 rings (SSSR count). The van der Waals surface area contributed by atoms with Gasteiger partial charge < -0.3 is 10.2 Å². The molecular weight excluding hydrogens is 302 g/mol. The van der Waals surface area contributed by atoms with Gasteiger partial charge in [0.05, 0.1) is 0 Å². The zero-order chi connectivity index (χ0) is 17.3. The van der Waals surface area contributed by atoms with Crippen LogP contribution in [0.3, 0.4) is 0 Å². The molecule has 124 valence electrons. The summed E-state index contributed by atoms with van der Waals surface area (Å²) in [5.74, 6) is -0.383. The van der Waals surface area contributed by atoms with E-state index < -0.39 is 0 Å². The minimum Gasteiger partial charge on any atom is -0.347 e. The Morgan fingerprint density at radius 2 is 1.92 bits per heavy atom. The van der Waals surface area contributed by atoms with Crippen LogP contribution in [-0.2, 0) is 6.42 Å². The van der Waals surface area contributed by atoms with Gasteiger partial charge in [0.15, 0.2) is 0 Å². The van der Waals surface area contributed by atoms with Crippen molar-refractivity contribution in [2.75, 3.05) is 11.4 Å². The molecule has 5 heteroatoms. The predicted octanol–water partition coefficient (Wildman–Crippen LogP) is 2.81. The quantitative estimate of drug-likeness (QED) is 0.924. The third-order valence-electron chi connectivity index (χ3n) is 3.86. The number of benzene rings is 1. The molecule has 0 unspecified atom stereocenters. The van der Waals surface area contributed by atoms with Crippen molar-refractivity contribution < 1.29 is 9.59 Å². The predicted molar refractivity (Wildman–Crippen MR) is 93.3 cm³/mol. The lowest BCUT2D eigenvalue weighted by molar-refractivity contribution is 0.0919. The molecule has 1 aromatic carbocycles. The molecular formula is C19H21N3O2. The van der Waals surface area contributed by atoms with Crippen LogP contribution in [-0.4, -0.2) is 28.9 Å². The van der Waals surface area contributed by atoms with Gasteiger partial charge in [-0.1, -0.05) is 18.2 Å². The van der Waals surface area contributed by atoms with Crippen molar-refractivity contribution >= 4 is 17.5 Å². The topological polar surface area (TPSA) is 62.3 Å². The van der Waals surface area contributed by atoms with Crippen LogP contribution in [0.4, 0.5) is 5.69 Å². The molecule has 2 amide bonds. The second-order valence-electron chi connectivity index (χ2n) is 6.97. The van der Waals surface area contributed by atoms with Crippen molar-refractivity contribution in [3.8, 4) is 0 Å². The van der Waals surface area contributed by atoms with E-state index in [2.05, 4.69) is 10.3 Å². The van der Waals surface area contributed by atoms with E-state index in [0.717, 1.165) is 17.7 Å². The number of rotatable bonds is 2. The second kappa shape index (κ2) is 6.07. The molecule has 0 atom stereocenters. The van der Waals surface area contributed by atoms with E-state index in [1.165, 1.54) is 6.20 Å².